The summed E-state index contributed by atoms with van der Waals surface area (Å²) in [6, 6.07) is 0.333. The number of esters is 1. The molecule has 0 aliphatic carbocycles. The van der Waals surface area contributed by atoms with Crippen molar-refractivity contribution in [3.8, 4) is 0 Å². The van der Waals surface area contributed by atoms with Gasteiger partial charge in [-0.2, -0.15) is 0 Å². The molecule has 0 aromatic rings. The lowest BCUT2D eigenvalue weighted by atomic mass is 10.1. The molecular weight excluding hydrogens is 240 g/mol. The third kappa shape index (κ3) is 13.6. The predicted molar refractivity (Wildman–Crippen MR) is 80.1 cm³/mol. The number of unbranched alkanes of at least 4 members (excludes halogenated alkanes) is 2. The van der Waals surface area contributed by atoms with Gasteiger partial charge in [-0.25, -0.2) is 0 Å². The molecule has 0 saturated carbocycles. The first-order valence-electron chi connectivity index (χ1n) is 7.61. The predicted octanol–water partition coefficient (Wildman–Crippen LogP) is 2.56. The lowest BCUT2D eigenvalue weighted by Gasteiger charge is -2.26. The largest absolute Gasteiger partial charge is 0.469 e. The van der Waals surface area contributed by atoms with Gasteiger partial charge in [-0.15, -0.1) is 0 Å². The smallest absolute Gasteiger partial charge is 0.305 e. The molecule has 0 radical (unpaired) electrons. The van der Waals surface area contributed by atoms with E-state index in [0.717, 1.165) is 12.8 Å². The SMILES string of the molecule is CC(C)N.COC(=O)CCCCCN1CCCCC1. The molecular formula is C15H32N2O2. The van der Waals surface area contributed by atoms with Crippen LogP contribution in [0, 0.1) is 0 Å². The minimum absolute atomic E-state index is 0.0760. The Morgan fingerprint density at radius 3 is 2.26 bits per heavy atom. The summed E-state index contributed by atoms with van der Waals surface area (Å²) in [5, 5.41) is 0. The molecule has 0 atom stereocenters. The normalized spacial score (nSPS) is 15.8. The van der Waals surface area contributed by atoms with E-state index in [9.17, 15) is 4.79 Å². The Morgan fingerprint density at radius 2 is 1.74 bits per heavy atom. The van der Waals surface area contributed by atoms with Crippen molar-refractivity contribution < 1.29 is 9.53 Å². The van der Waals surface area contributed by atoms with Gasteiger partial charge in [0.2, 0.25) is 0 Å². The monoisotopic (exact) mass is 272 g/mol. The summed E-state index contributed by atoms with van der Waals surface area (Å²) in [4.78, 5) is 13.4. The van der Waals surface area contributed by atoms with Gasteiger partial charge in [-0.05, 0) is 51.4 Å². The van der Waals surface area contributed by atoms with Crippen LogP contribution in [0.25, 0.3) is 0 Å². The summed E-state index contributed by atoms with van der Waals surface area (Å²) in [6.45, 7) is 7.65. The van der Waals surface area contributed by atoms with Crippen molar-refractivity contribution in [3.63, 3.8) is 0 Å². The number of hydrogen-bond acceptors (Lipinski definition) is 4. The van der Waals surface area contributed by atoms with Gasteiger partial charge in [-0.3, -0.25) is 4.79 Å². The van der Waals surface area contributed by atoms with Crippen molar-refractivity contribution in [2.45, 2.75) is 64.8 Å². The molecule has 19 heavy (non-hydrogen) atoms. The van der Waals surface area contributed by atoms with Gasteiger partial charge < -0.3 is 15.4 Å². The third-order valence-electron chi connectivity index (χ3n) is 3.03. The molecule has 1 fully saturated rings. The first-order valence-corrected chi connectivity index (χ1v) is 7.61. The Balaban J connectivity index is 0.000000711. The standard InChI is InChI=1S/C12H23NO2.C3H9N/c1-15-12(14)8-4-2-5-9-13-10-6-3-7-11-13;1-3(2)4/h2-11H2,1H3;3H,4H2,1-2H3. The average molecular weight is 272 g/mol. The van der Waals surface area contributed by atoms with Crippen LogP contribution in [0.15, 0.2) is 0 Å². The summed E-state index contributed by atoms with van der Waals surface area (Å²) in [6.07, 6.45) is 8.04. The Hall–Kier alpha value is -0.610. The van der Waals surface area contributed by atoms with Crippen molar-refractivity contribution in [2.24, 2.45) is 5.73 Å². The van der Waals surface area contributed by atoms with Crippen LogP contribution in [-0.4, -0.2) is 43.7 Å². The Morgan fingerprint density at radius 1 is 1.16 bits per heavy atom. The molecule has 114 valence electrons. The van der Waals surface area contributed by atoms with Crippen molar-refractivity contribution in [3.05, 3.63) is 0 Å². The highest BCUT2D eigenvalue weighted by molar-refractivity contribution is 5.68. The minimum Gasteiger partial charge on any atom is -0.469 e. The van der Waals surface area contributed by atoms with Gasteiger partial charge in [0.05, 0.1) is 7.11 Å². The molecule has 0 bridgehead atoms. The second-order valence-electron chi connectivity index (χ2n) is 5.53. The van der Waals surface area contributed by atoms with Crippen molar-refractivity contribution in [1.82, 2.24) is 4.90 Å². The minimum atomic E-state index is -0.0760. The lowest BCUT2D eigenvalue weighted by molar-refractivity contribution is -0.140. The van der Waals surface area contributed by atoms with Crippen molar-refractivity contribution in [1.29, 1.82) is 0 Å². The Kier molecular flexibility index (Phi) is 12.0. The highest BCUT2D eigenvalue weighted by atomic mass is 16.5. The van der Waals surface area contributed by atoms with E-state index in [2.05, 4.69) is 9.64 Å². The Labute approximate surface area is 118 Å². The van der Waals surface area contributed by atoms with E-state index in [1.165, 1.54) is 52.4 Å². The van der Waals surface area contributed by atoms with Crippen molar-refractivity contribution >= 4 is 5.97 Å². The molecule has 4 heteroatoms. The van der Waals surface area contributed by atoms with Crippen LogP contribution < -0.4 is 5.73 Å². The maximum Gasteiger partial charge on any atom is 0.305 e. The second kappa shape index (κ2) is 12.4. The van der Waals surface area contributed by atoms with Gasteiger partial charge in [0.25, 0.3) is 0 Å². The van der Waals surface area contributed by atoms with Crippen molar-refractivity contribution in [2.75, 3.05) is 26.7 Å². The zero-order valence-corrected chi connectivity index (χ0v) is 13.0. The molecule has 4 nitrogen and oxygen atoms in total. The molecule has 1 rings (SSSR count). The van der Waals surface area contributed by atoms with Gasteiger partial charge in [0, 0.05) is 6.42 Å². The fraction of sp³-hybridized carbons (Fsp3) is 0.933. The molecule has 1 aliphatic heterocycles. The summed E-state index contributed by atoms with van der Waals surface area (Å²) in [7, 11) is 1.45. The third-order valence-corrected chi connectivity index (χ3v) is 3.03. The molecule has 0 unspecified atom stereocenters. The summed E-state index contributed by atoms with van der Waals surface area (Å²) in [5.41, 5.74) is 5.11. The first-order chi connectivity index (χ1) is 9.06. The average Bonchev–Trinajstić information content (AvgIpc) is 2.38. The molecule has 0 spiro atoms. The first kappa shape index (κ1) is 18.4. The van der Waals surface area contributed by atoms with Crippen LogP contribution in [0.2, 0.25) is 0 Å². The van der Waals surface area contributed by atoms with Gasteiger partial charge in [-0.1, -0.05) is 26.7 Å². The molecule has 1 saturated heterocycles. The number of carbonyl (C=O) groups is 1. The van der Waals surface area contributed by atoms with E-state index in [4.69, 9.17) is 5.73 Å². The molecule has 2 N–H and O–H groups in total. The van der Waals surface area contributed by atoms with Gasteiger partial charge in [0.15, 0.2) is 0 Å². The van der Waals surface area contributed by atoms with Crippen LogP contribution >= 0.6 is 0 Å². The fourth-order valence-corrected chi connectivity index (χ4v) is 2.07. The zero-order chi connectivity index (χ0) is 14.5. The van der Waals surface area contributed by atoms with E-state index < -0.39 is 0 Å². The highest BCUT2D eigenvalue weighted by Gasteiger charge is 2.08. The van der Waals surface area contributed by atoms with E-state index in [1.54, 1.807) is 0 Å². The fourth-order valence-electron chi connectivity index (χ4n) is 2.07. The number of ether oxygens (including phenoxy) is 1. The summed E-state index contributed by atoms with van der Waals surface area (Å²) in [5.74, 6) is -0.0760. The molecule has 0 aromatic carbocycles. The zero-order valence-electron chi connectivity index (χ0n) is 13.0. The lowest BCUT2D eigenvalue weighted by Crippen LogP contribution is -2.30. The van der Waals surface area contributed by atoms with Crippen LogP contribution in [0.1, 0.15) is 58.8 Å². The van der Waals surface area contributed by atoms with E-state index in [1.807, 2.05) is 13.8 Å². The van der Waals surface area contributed by atoms with Crippen LogP contribution in [-0.2, 0) is 9.53 Å². The molecule has 0 amide bonds. The maximum absolute atomic E-state index is 10.8. The van der Waals surface area contributed by atoms with Gasteiger partial charge in [0.1, 0.15) is 0 Å². The quantitative estimate of drug-likeness (QED) is 0.596. The topological polar surface area (TPSA) is 55.6 Å². The summed E-state index contributed by atoms with van der Waals surface area (Å²) < 4.78 is 4.60. The summed E-state index contributed by atoms with van der Waals surface area (Å²) >= 11 is 0. The maximum atomic E-state index is 10.8. The van der Waals surface area contributed by atoms with Crippen LogP contribution in [0.5, 0.6) is 0 Å². The number of nitrogens with two attached hydrogens (primary N) is 1. The highest BCUT2D eigenvalue weighted by Crippen LogP contribution is 2.10. The van der Waals surface area contributed by atoms with Crippen LogP contribution in [0.4, 0.5) is 0 Å². The number of piperidine rings is 1. The number of carbonyl (C=O) groups excluding carboxylic acids is 1. The molecule has 0 aromatic heterocycles. The number of nitrogens with zero attached hydrogens (tertiary/aromatic N) is 1. The number of likely N-dealkylation sites (tertiary alicyclic amines) is 1. The number of rotatable bonds is 6. The molecule has 1 heterocycles. The number of methoxy groups -OCH3 is 1. The van der Waals surface area contributed by atoms with E-state index in [0.29, 0.717) is 12.5 Å². The van der Waals surface area contributed by atoms with E-state index >= 15 is 0 Å². The Bertz CT molecular complexity index is 211. The van der Waals surface area contributed by atoms with E-state index in [-0.39, 0.29) is 5.97 Å². The van der Waals surface area contributed by atoms with Gasteiger partial charge >= 0.3 is 5.97 Å². The second-order valence-corrected chi connectivity index (χ2v) is 5.53. The van der Waals surface area contributed by atoms with Crippen LogP contribution in [0.3, 0.4) is 0 Å². The number of hydrogen-bond donors (Lipinski definition) is 1. The molecule has 1 aliphatic rings.